The van der Waals surface area contributed by atoms with Gasteiger partial charge in [0.1, 0.15) is 0 Å². The highest BCUT2D eigenvalue weighted by atomic mass is 14.7. The van der Waals surface area contributed by atoms with Gasteiger partial charge >= 0.3 is 0 Å². The maximum atomic E-state index is 4.18. The molecule has 1 unspecified atom stereocenters. The van der Waals surface area contributed by atoms with Crippen LogP contribution in [0.5, 0.6) is 0 Å². The number of hydrogen-bond acceptors (Lipinski definition) is 1. The molecule has 1 heteroatoms. The van der Waals surface area contributed by atoms with Crippen molar-refractivity contribution in [3.8, 4) is 0 Å². The zero-order chi connectivity index (χ0) is 11.7. The van der Waals surface area contributed by atoms with Crippen molar-refractivity contribution in [3.05, 3.63) is 11.6 Å². The number of hydrogen-bond donors (Lipinski definition) is 0. The SMILES string of the molecule is CCCCCC(CC)/C(C)=C/C(C)=N\C. The summed E-state index contributed by atoms with van der Waals surface area (Å²) in [6.45, 7) is 8.86. The molecule has 1 atom stereocenters. The summed E-state index contributed by atoms with van der Waals surface area (Å²) in [5, 5.41) is 0. The van der Waals surface area contributed by atoms with Crippen LogP contribution in [0.3, 0.4) is 0 Å². The van der Waals surface area contributed by atoms with E-state index in [1.54, 1.807) is 0 Å². The Labute approximate surface area is 95.7 Å². The zero-order valence-corrected chi connectivity index (χ0v) is 11.1. The highest BCUT2D eigenvalue weighted by Gasteiger charge is 2.07. The Morgan fingerprint density at radius 2 is 1.87 bits per heavy atom. The topological polar surface area (TPSA) is 12.4 Å². The predicted octanol–water partition coefficient (Wildman–Crippen LogP) is 4.63. The second kappa shape index (κ2) is 8.70. The van der Waals surface area contributed by atoms with Gasteiger partial charge < -0.3 is 0 Å². The van der Waals surface area contributed by atoms with Crippen molar-refractivity contribution in [1.82, 2.24) is 0 Å². The van der Waals surface area contributed by atoms with Crippen LogP contribution in [0.15, 0.2) is 16.6 Å². The van der Waals surface area contributed by atoms with Crippen molar-refractivity contribution in [2.45, 2.75) is 59.8 Å². The minimum absolute atomic E-state index is 0.758. The molecule has 0 aromatic carbocycles. The van der Waals surface area contributed by atoms with Crippen LogP contribution >= 0.6 is 0 Å². The fraction of sp³-hybridized carbons (Fsp3) is 0.786. The first kappa shape index (κ1) is 14.4. The van der Waals surface area contributed by atoms with Gasteiger partial charge in [0.25, 0.3) is 0 Å². The normalized spacial score (nSPS) is 15.5. The van der Waals surface area contributed by atoms with Crippen LogP contribution in [0, 0.1) is 5.92 Å². The van der Waals surface area contributed by atoms with Crippen molar-refractivity contribution in [3.63, 3.8) is 0 Å². The van der Waals surface area contributed by atoms with Crippen LogP contribution < -0.4 is 0 Å². The summed E-state index contributed by atoms with van der Waals surface area (Å²) in [6.07, 6.45) is 8.87. The van der Waals surface area contributed by atoms with Crippen LogP contribution in [-0.4, -0.2) is 12.8 Å². The van der Waals surface area contributed by atoms with Crippen molar-refractivity contribution >= 4 is 5.71 Å². The van der Waals surface area contributed by atoms with E-state index in [1.807, 2.05) is 7.05 Å². The third kappa shape index (κ3) is 6.48. The number of aliphatic imine (C=N–C) groups is 1. The van der Waals surface area contributed by atoms with Crippen molar-refractivity contribution in [1.29, 1.82) is 0 Å². The van der Waals surface area contributed by atoms with Gasteiger partial charge in [-0.05, 0) is 38.7 Å². The molecule has 0 aliphatic carbocycles. The number of nitrogens with zero attached hydrogens (tertiary/aromatic N) is 1. The molecule has 0 rings (SSSR count). The molecule has 0 heterocycles. The minimum Gasteiger partial charge on any atom is -0.293 e. The molecule has 0 saturated heterocycles. The number of rotatable bonds is 7. The standard InChI is InChI=1S/C14H27N/c1-6-8-9-10-14(7-2)12(3)11-13(4)15-5/h11,14H,6-10H2,1-5H3/b12-11+,15-13-. The maximum Gasteiger partial charge on any atom is 0.0313 e. The summed E-state index contributed by atoms with van der Waals surface area (Å²) < 4.78 is 0. The second-order valence-corrected chi connectivity index (χ2v) is 4.35. The molecule has 0 N–H and O–H groups in total. The average molecular weight is 209 g/mol. The molecular formula is C14H27N. The predicted molar refractivity (Wildman–Crippen MR) is 70.7 cm³/mol. The van der Waals surface area contributed by atoms with E-state index < -0.39 is 0 Å². The van der Waals surface area contributed by atoms with E-state index >= 15 is 0 Å². The third-order valence-electron chi connectivity index (χ3n) is 3.08. The van der Waals surface area contributed by atoms with E-state index in [2.05, 4.69) is 38.8 Å². The summed E-state index contributed by atoms with van der Waals surface area (Å²) in [6, 6.07) is 0. The zero-order valence-electron chi connectivity index (χ0n) is 11.1. The molecule has 0 radical (unpaired) electrons. The molecule has 0 aliphatic heterocycles. The van der Waals surface area contributed by atoms with Crippen LogP contribution in [-0.2, 0) is 0 Å². The van der Waals surface area contributed by atoms with Crippen molar-refractivity contribution < 1.29 is 0 Å². The van der Waals surface area contributed by atoms with E-state index in [0.29, 0.717) is 0 Å². The van der Waals surface area contributed by atoms with Gasteiger partial charge in [-0.1, -0.05) is 38.7 Å². The fourth-order valence-electron chi connectivity index (χ4n) is 1.91. The maximum absolute atomic E-state index is 4.18. The third-order valence-corrected chi connectivity index (χ3v) is 3.08. The highest BCUT2D eigenvalue weighted by Crippen LogP contribution is 2.21. The summed E-state index contributed by atoms with van der Waals surface area (Å²) >= 11 is 0. The van der Waals surface area contributed by atoms with Crippen LogP contribution in [0.4, 0.5) is 0 Å². The van der Waals surface area contributed by atoms with Gasteiger partial charge in [-0.2, -0.15) is 0 Å². The average Bonchev–Trinajstić information content (AvgIpc) is 2.24. The van der Waals surface area contributed by atoms with Crippen LogP contribution in [0.1, 0.15) is 59.8 Å². The summed E-state index contributed by atoms with van der Waals surface area (Å²) in [7, 11) is 1.86. The Morgan fingerprint density at radius 1 is 1.20 bits per heavy atom. The van der Waals surface area contributed by atoms with Gasteiger partial charge in [0.2, 0.25) is 0 Å². The Kier molecular flexibility index (Phi) is 8.35. The molecule has 1 nitrogen and oxygen atoms in total. The van der Waals surface area contributed by atoms with Crippen LogP contribution in [0.2, 0.25) is 0 Å². The molecule has 88 valence electrons. The van der Waals surface area contributed by atoms with E-state index in [4.69, 9.17) is 0 Å². The molecule has 0 amide bonds. The number of allylic oxidation sites excluding steroid dienone is 2. The molecule has 0 aromatic rings. The fourth-order valence-corrected chi connectivity index (χ4v) is 1.91. The quantitative estimate of drug-likeness (QED) is 0.428. The van der Waals surface area contributed by atoms with E-state index in [0.717, 1.165) is 11.6 Å². The lowest BCUT2D eigenvalue weighted by Gasteiger charge is -2.15. The monoisotopic (exact) mass is 209 g/mol. The molecule has 0 bridgehead atoms. The Hall–Kier alpha value is -0.590. The molecule has 0 fully saturated rings. The Morgan fingerprint density at radius 3 is 2.33 bits per heavy atom. The first-order valence-electron chi connectivity index (χ1n) is 6.27. The lowest BCUT2D eigenvalue weighted by Crippen LogP contribution is -2.02. The Balaban J connectivity index is 4.21. The Bertz CT molecular complexity index is 213. The molecule has 0 saturated carbocycles. The lowest BCUT2D eigenvalue weighted by atomic mass is 9.91. The first-order chi connectivity index (χ1) is 7.15. The van der Waals surface area contributed by atoms with Gasteiger partial charge in [0, 0.05) is 12.8 Å². The largest absolute Gasteiger partial charge is 0.293 e. The van der Waals surface area contributed by atoms with Gasteiger partial charge in [0.05, 0.1) is 0 Å². The van der Waals surface area contributed by atoms with Gasteiger partial charge in [-0.3, -0.25) is 4.99 Å². The number of unbranched alkanes of at least 4 members (excludes halogenated alkanes) is 2. The van der Waals surface area contributed by atoms with Crippen LogP contribution in [0.25, 0.3) is 0 Å². The second-order valence-electron chi connectivity index (χ2n) is 4.35. The molecular weight excluding hydrogens is 182 g/mol. The summed E-state index contributed by atoms with van der Waals surface area (Å²) in [5.74, 6) is 0.758. The molecule has 15 heavy (non-hydrogen) atoms. The lowest BCUT2D eigenvalue weighted by molar-refractivity contribution is 0.504. The van der Waals surface area contributed by atoms with Gasteiger partial charge in [0.15, 0.2) is 0 Å². The molecule has 0 aromatic heterocycles. The van der Waals surface area contributed by atoms with E-state index in [1.165, 1.54) is 37.7 Å². The van der Waals surface area contributed by atoms with Gasteiger partial charge in [-0.25, -0.2) is 0 Å². The summed E-state index contributed by atoms with van der Waals surface area (Å²) in [5.41, 5.74) is 2.64. The molecule has 0 spiro atoms. The summed E-state index contributed by atoms with van der Waals surface area (Å²) in [4.78, 5) is 4.18. The molecule has 0 aliphatic rings. The van der Waals surface area contributed by atoms with Gasteiger partial charge in [-0.15, -0.1) is 0 Å². The van der Waals surface area contributed by atoms with Crippen molar-refractivity contribution in [2.75, 3.05) is 7.05 Å². The smallest absolute Gasteiger partial charge is 0.0313 e. The van der Waals surface area contributed by atoms with E-state index in [9.17, 15) is 0 Å². The minimum atomic E-state index is 0.758. The first-order valence-corrected chi connectivity index (χ1v) is 6.27. The van der Waals surface area contributed by atoms with E-state index in [-0.39, 0.29) is 0 Å². The van der Waals surface area contributed by atoms with Crippen molar-refractivity contribution in [2.24, 2.45) is 10.9 Å². The highest BCUT2D eigenvalue weighted by molar-refractivity contribution is 5.93.